The van der Waals surface area contributed by atoms with Gasteiger partial charge in [-0.3, -0.25) is 9.59 Å². The molecule has 0 radical (unpaired) electrons. The first-order valence-corrected chi connectivity index (χ1v) is 7.89. The zero-order chi connectivity index (χ0) is 17.1. The average molecular weight is 325 g/mol. The maximum atomic E-state index is 12.5. The minimum atomic E-state index is -0.893. The summed E-state index contributed by atoms with van der Waals surface area (Å²) in [4.78, 5) is 23.6. The summed E-state index contributed by atoms with van der Waals surface area (Å²) in [7, 11) is 0. The number of amides is 1. The molecule has 0 aliphatic carbocycles. The quantitative estimate of drug-likeness (QED) is 0.906. The Labute approximate surface area is 140 Å². The monoisotopic (exact) mass is 325 g/mol. The molecule has 2 atom stereocenters. The van der Waals surface area contributed by atoms with Crippen molar-refractivity contribution in [3.8, 4) is 5.75 Å². The fourth-order valence-corrected chi connectivity index (χ4v) is 2.77. The van der Waals surface area contributed by atoms with Crippen LogP contribution in [-0.2, 0) is 16.0 Å². The van der Waals surface area contributed by atoms with Gasteiger partial charge in [0.2, 0.25) is 5.91 Å². The molecule has 124 valence electrons. The molecule has 1 amide bonds. The Hall–Kier alpha value is -2.82. The first kappa shape index (κ1) is 16.1. The largest absolute Gasteiger partial charge is 0.492 e. The van der Waals surface area contributed by atoms with Crippen LogP contribution in [0.1, 0.15) is 24.0 Å². The van der Waals surface area contributed by atoms with Crippen molar-refractivity contribution in [3.05, 3.63) is 59.7 Å². The number of aliphatic carboxylic acids is 1. The van der Waals surface area contributed by atoms with E-state index in [1.807, 2.05) is 24.3 Å². The number of carboxylic acid groups (broad SMARTS) is 1. The van der Waals surface area contributed by atoms with Crippen LogP contribution in [0.5, 0.6) is 5.75 Å². The van der Waals surface area contributed by atoms with Crippen molar-refractivity contribution >= 4 is 17.6 Å². The normalized spacial score (nSPS) is 17.3. The zero-order valence-electron chi connectivity index (χ0n) is 13.4. The van der Waals surface area contributed by atoms with E-state index in [2.05, 4.69) is 5.32 Å². The molecule has 0 bridgehead atoms. The summed E-state index contributed by atoms with van der Waals surface area (Å²) in [6.07, 6.45) is 0.632. The molecule has 1 heterocycles. The Kier molecular flexibility index (Phi) is 4.51. The molecule has 0 saturated heterocycles. The molecule has 2 N–H and O–H groups in total. The number of ether oxygens (including phenoxy) is 1. The van der Waals surface area contributed by atoms with Crippen molar-refractivity contribution in [3.63, 3.8) is 0 Å². The van der Waals surface area contributed by atoms with Crippen molar-refractivity contribution < 1.29 is 19.4 Å². The number of carbonyl (C=O) groups is 2. The lowest BCUT2D eigenvalue weighted by Crippen LogP contribution is -2.32. The van der Waals surface area contributed by atoms with E-state index in [1.165, 1.54) is 0 Å². The lowest BCUT2D eigenvalue weighted by atomic mass is 9.95. The predicted molar refractivity (Wildman–Crippen MR) is 90.3 cm³/mol. The summed E-state index contributed by atoms with van der Waals surface area (Å²) in [6, 6.07) is 14.7. The van der Waals surface area contributed by atoms with E-state index in [0.717, 1.165) is 11.3 Å². The highest BCUT2D eigenvalue weighted by Gasteiger charge is 2.26. The van der Waals surface area contributed by atoms with E-state index < -0.39 is 11.9 Å². The number of para-hydroxylation sites is 1. The highest BCUT2D eigenvalue weighted by atomic mass is 16.5. The number of anilines is 1. The molecule has 2 aromatic carbocycles. The van der Waals surface area contributed by atoms with E-state index in [1.54, 1.807) is 31.2 Å². The van der Waals surface area contributed by atoms with E-state index in [0.29, 0.717) is 24.3 Å². The molecule has 5 heteroatoms. The molecular weight excluding hydrogens is 306 g/mol. The minimum absolute atomic E-state index is 0.121. The van der Waals surface area contributed by atoms with Gasteiger partial charge in [-0.2, -0.15) is 0 Å². The first-order chi connectivity index (χ1) is 11.5. The molecular formula is C19H19NO4. The highest BCUT2D eigenvalue weighted by molar-refractivity contribution is 5.93. The lowest BCUT2D eigenvalue weighted by molar-refractivity contribution is -0.138. The average Bonchev–Trinajstić information content (AvgIpc) is 2.60. The number of carboxylic acids is 1. The summed E-state index contributed by atoms with van der Waals surface area (Å²) in [6.45, 7) is 1.96. The lowest BCUT2D eigenvalue weighted by Gasteiger charge is -2.24. The van der Waals surface area contributed by atoms with E-state index >= 15 is 0 Å². The number of hydrogen-bond donors (Lipinski definition) is 2. The molecule has 0 saturated carbocycles. The molecule has 1 aliphatic rings. The fraction of sp³-hybridized carbons (Fsp3) is 0.263. The molecule has 0 fully saturated rings. The summed E-state index contributed by atoms with van der Waals surface area (Å²) in [5, 5.41) is 12.0. The third-order valence-corrected chi connectivity index (χ3v) is 4.27. The van der Waals surface area contributed by atoms with Gasteiger partial charge in [-0.1, -0.05) is 30.3 Å². The van der Waals surface area contributed by atoms with Gasteiger partial charge < -0.3 is 15.2 Å². The standard InChI is InChI=1S/C19H19NO4/c1-12(19(22)23)13-6-4-7-16(10-13)20-18(21)15-9-14-5-2-3-8-17(14)24-11-15/h2-8,10,12,15H,9,11H2,1H3,(H,20,21)(H,22,23). The number of benzene rings is 2. The third kappa shape index (κ3) is 3.40. The Balaban J connectivity index is 1.70. The fourth-order valence-electron chi connectivity index (χ4n) is 2.77. The van der Waals surface area contributed by atoms with Crippen LogP contribution in [0.25, 0.3) is 0 Å². The summed E-state index contributed by atoms with van der Waals surface area (Å²) < 4.78 is 5.65. The molecule has 2 aromatic rings. The van der Waals surface area contributed by atoms with Gasteiger partial charge in [-0.25, -0.2) is 0 Å². The Bertz CT molecular complexity index is 771. The van der Waals surface area contributed by atoms with Crippen LogP contribution < -0.4 is 10.1 Å². The SMILES string of the molecule is CC(C(=O)O)c1cccc(NC(=O)C2COc3ccccc3C2)c1. The minimum Gasteiger partial charge on any atom is -0.492 e. The number of nitrogens with one attached hydrogen (secondary N) is 1. The van der Waals surface area contributed by atoms with Crippen LogP contribution in [0.3, 0.4) is 0 Å². The summed E-state index contributed by atoms with van der Waals surface area (Å²) >= 11 is 0. The molecule has 0 spiro atoms. The zero-order valence-corrected chi connectivity index (χ0v) is 13.4. The maximum Gasteiger partial charge on any atom is 0.310 e. The van der Waals surface area contributed by atoms with Crippen LogP contribution in [0.2, 0.25) is 0 Å². The van der Waals surface area contributed by atoms with Crippen LogP contribution in [0.15, 0.2) is 48.5 Å². The van der Waals surface area contributed by atoms with Gasteiger partial charge in [0, 0.05) is 5.69 Å². The molecule has 5 nitrogen and oxygen atoms in total. The summed E-state index contributed by atoms with van der Waals surface area (Å²) in [5.41, 5.74) is 2.28. The van der Waals surface area contributed by atoms with Crippen molar-refractivity contribution in [1.82, 2.24) is 0 Å². The second-order valence-electron chi connectivity index (χ2n) is 5.99. The molecule has 1 aliphatic heterocycles. The molecule has 0 aromatic heterocycles. The second-order valence-corrected chi connectivity index (χ2v) is 5.99. The van der Waals surface area contributed by atoms with Gasteiger partial charge in [0.15, 0.2) is 0 Å². The Morgan fingerprint density at radius 1 is 1.21 bits per heavy atom. The Morgan fingerprint density at radius 3 is 2.79 bits per heavy atom. The number of fused-ring (bicyclic) bond motifs is 1. The maximum absolute atomic E-state index is 12.5. The number of hydrogen-bond acceptors (Lipinski definition) is 3. The van der Waals surface area contributed by atoms with Crippen LogP contribution >= 0.6 is 0 Å². The van der Waals surface area contributed by atoms with E-state index in [9.17, 15) is 9.59 Å². The van der Waals surface area contributed by atoms with Crippen LogP contribution in [0.4, 0.5) is 5.69 Å². The van der Waals surface area contributed by atoms with Crippen molar-refractivity contribution in [2.75, 3.05) is 11.9 Å². The Morgan fingerprint density at radius 2 is 2.00 bits per heavy atom. The van der Waals surface area contributed by atoms with Gasteiger partial charge in [-0.05, 0) is 42.7 Å². The van der Waals surface area contributed by atoms with Gasteiger partial charge in [-0.15, -0.1) is 0 Å². The first-order valence-electron chi connectivity index (χ1n) is 7.89. The van der Waals surface area contributed by atoms with E-state index in [-0.39, 0.29) is 11.8 Å². The molecule has 3 rings (SSSR count). The van der Waals surface area contributed by atoms with Crippen LogP contribution in [0, 0.1) is 5.92 Å². The van der Waals surface area contributed by atoms with Crippen molar-refractivity contribution in [1.29, 1.82) is 0 Å². The predicted octanol–water partition coefficient (Wildman–Crippen LogP) is 3.06. The van der Waals surface area contributed by atoms with Gasteiger partial charge in [0.1, 0.15) is 12.4 Å². The van der Waals surface area contributed by atoms with Gasteiger partial charge in [0.05, 0.1) is 11.8 Å². The topological polar surface area (TPSA) is 75.6 Å². The second kappa shape index (κ2) is 6.74. The molecule has 24 heavy (non-hydrogen) atoms. The third-order valence-electron chi connectivity index (χ3n) is 4.27. The van der Waals surface area contributed by atoms with Gasteiger partial charge in [0.25, 0.3) is 0 Å². The van der Waals surface area contributed by atoms with Crippen molar-refractivity contribution in [2.45, 2.75) is 19.3 Å². The van der Waals surface area contributed by atoms with Crippen molar-refractivity contribution in [2.24, 2.45) is 5.92 Å². The van der Waals surface area contributed by atoms with E-state index in [4.69, 9.17) is 9.84 Å². The smallest absolute Gasteiger partial charge is 0.310 e. The van der Waals surface area contributed by atoms with Gasteiger partial charge >= 0.3 is 5.97 Å². The molecule has 2 unspecified atom stereocenters. The number of carbonyl (C=O) groups excluding carboxylic acids is 1. The highest BCUT2D eigenvalue weighted by Crippen LogP contribution is 2.27. The van der Waals surface area contributed by atoms with Crippen LogP contribution in [-0.4, -0.2) is 23.6 Å². The number of rotatable bonds is 4. The summed E-state index contributed by atoms with van der Waals surface area (Å²) in [5.74, 6) is -1.06.